The normalized spacial score (nSPS) is 11.6. The molecule has 4 N–H and O–H groups in total. The summed E-state index contributed by atoms with van der Waals surface area (Å²) in [6, 6.07) is 9.23. The quantitative estimate of drug-likeness (QED) is 0.569. The zero-order valence-electron chi connectivity index (χ0n) is 14.1. The predicted molar refractivity (Wildman–Crippen MR) is 91.7 cm³/mol. The van der Waals surface area contributed by atoms with Crippen LogP contribution in [0.3, 0.4) is 0 Å². The van der Waals surface area contributed by atoms with Crippen molar-refractivity contribution >= 4 is 12.2 Å². The second kappa shape index (κ2) is 11.3. The fourth-order valence-electron chi connectivity index (χ4n) is 2.14. The Morgan fingerprint density at radius 3 is 2.58 bits per heavy atom. The van der Waals surface area contributed by atoms with E-state index in [4.69, 9.17) is 15.6 Å². The van der Waals surface area contributed by atoms with Crippen molar-refractivity contribution in [2.24, 2.45) is 5.73 Å². The Kier molecular flexibility index (Phi) is 9.29. The maximum atomic E-state index is 11.7. The number of nitrogens with zero attached hydrogens (tertiary/aromatic N) is 1. The molecule has 1 rings (SSSR count). The summed E-state index contributed by atoms with van der Waals surface area (Å²) >= 11 is 0. The van der Waals surface area contributed by atoms with Gasteiger partial charge in [0, 0.05) is 19.1 Å². The third-order valence-electron chi connectivity index (χ3n) is 3.56. The van der Waals surface area contributed by atoms with Crippen LogP contribution in [0.15, 0.2) is 30.3 Å². The van der Waals surface area contributed by atoms with Gasteiger partial charge in [-0.05, 0) is 38.3 Å². The van der Waals surface area contributed by atoms with Crippen LogP contribution in [0.5, 0.6) is 0 Å². The van der Waals surface area contributed by atoms with Crippen molar-refractivity contribution in [1.82, 2.24) is 10.2 Å². The molecule has 0 aliphatic heterocycles. The fourth-order valence-corrected chi connectivity index (χ4v) is 2.14. The summed E-state index contributed by atoms with van der Waals surface area (Å²) in [7, 11) is 0. The first-order chi connectivity index (χ1) is 11.5. The van der Waals surface area contributed by atoms with Crippen molar-refractivity contribution in [3.8, 4) is 0 Å². The number of carbonyl (C=O) groups is 2. The molecule has 0 aliphatic rings. The van der Waals surface area contributed by atoms with Crippen molar-refractivity contribution in [2.45, 2.75) is 38.8 Å². The largest absolute Gasteiger partial charge is 0.465 e. The third kappa shape index (κ3) is 8.38. The van der Waals surface area contributed by atoms with E-state index in [-0.39, 0.29) is 12.6 Å². The molecule has 1 aromatic rings. The molecule has 0 saturated carbocycles. The summed E-state index contributed by atoms with van der Waals surface area (Å²) in [5, 5.41) is 11.9. The standard InChI is InChI=1S/C17H27N3O4/c1-14(9-12-20(17(22)23)11-6-5-10-18)19-16(21)24-13-15-7-3-2-4-8-15/h2-4,7-8,14H,5-6,9-13,18H2,1H3,(H,19,21)(H,22,23). The molecule has 0 saturated heterocycles. The second-order valence-corrected chi connectivity index (χ2v) is 5.66. The third-order valence-corrected chi connectivity index (χ3v) is 3.56. The summed E-state index contributed by atoms with van der Waals surface area (Å²) in [5.41, 5.74) is 6.33. The van der Waals surface area contributed by atoms with Crippen LogP contribution in [-0.2, 0) is 11.3 Å². The highest BCUT2D eigenvalue weighted by atomic mass is 16.5. The van der Waals surface area contributed by atoms with Crippen LogP contribution in [0.1, 0.15) is 31.7 Å². The number of nitrogens with one attached hydrogen (secondary N) is 1. The number of nitrogens with two attached hydrogens (primary N) is 1. The van der Waals surface area contributed by atoms with E-state index in [1.807, 2.05) is 37.3 Å². The lowest BCUT2D eigenvalue weighted by molar-refractivity contribution is 0.132. The highest BCUT2D eigenvalue weighted by molar-refractivity contribution is 5.67. The summed E-state index contributed by atoms with van der Waals surface area (Å²) in [6.45, 7) is 3.40. The van der Waals surface area contributed by atoms with E-state index in [1.165, 1.54) is 4.90 Å². The molecule has 1 unspecified atom stereocenters. The van der Waals surface area contributed by atoms with Gasteiger partial charge < -0.3 is 25.8 Å². The van der Waals surface area contributed by atoms with Gasteiger partial charge in [-0.2, -0.15) is 0 Å². The molecule has 134 valence electrons. The minimum Gasteiger partial charge on any atom is -0.465 e. The SMILES string of the molecule is CC(CCN(CCCCN)C(=O)O)NC(=O)OCc1ccccc1. The number of amides is 2. The molecule has 0 aliphatic carbocycles. The van der Waals surface area contributed by atoms with Crippen molar-refractivity contribution < 1.29 is 19.4 Å². The summed E-state index contributed by atoms with van der Waals surface area (Å²) in [5.74, 6) is 0. The Labute approximate surface area is 142 Å². The lowest BCUT2D eigenvalue weighted by Gasteiger charge is -2.21. The van der Waals surface area contributed by atoms with E-state index in [9.17, 15) is 9.59 Å². The summed E-state index contributed by atoms with van der Waals surface area (Å²) < 4.78 is 5.14. The predicted octanol–water partition coefficient (Wildman–Crippen LogP) is 2.41. The second-order valence-electron chi connectivity index (χ2n) is 5.66. The molecule has 0 aromatic heterocycles. The Balaban J connectivity index is 2.26. The minimum absolute atomic E-state index is 0.176. The topological polar surface area (TPSA) is 105 Å². The highest BCUT2D eigenvalue weighted by Gasteiger charge is 2.14. The van der Waals surface area contributed by atoms with Crippen LogP contribution in [0, 0.1) is 0 Å². The molecule has 0 bridgehead atoms. The first-order valence-electron chi connectivity index (χ1n) is 8.18. The maximum absolute atomic E-state index is 11.7. The van der Waals surface area contributed by atoms with Crippen LogP contribution in [-0.4, -0.2) is 47.9 Å². The average molecular weight is 337 g/mol. The van der Waals surface area contributed by atoms with Crippen molar-refractivity contribution in [1.29, 1.82) is 0 Å². The van der Waals surface area contributed by atoms with Gasteiger partial charge in [0.05, 0.1) is 0 Å². The molecular formula is C17H27N3O4. The van der Waals surface area contributed by atoms with E-state index in [2.05, 4.69) is 5.32 Å². The van der Waals surface area contributed by atoms with Crippen LogP contribution in [0.25, 0.3) is 0 Å². The number of hydrogen-bond donors (Lipinski definition) is 3. The zero-order chi connectivity index (χ0) is 17.8. The number of ether oxygens (including phenoxy) is 1. The van der Waals surface area contributed by atoms with E-state index in [0.29, 0.717) is 26.1 Å². The number of rotatable bonds is 10. The van der Waals surface area contributed by atoms with Crippen LogP contribution in [0.4, 0.5) is 9.59 Å². The molecule has 0 heterocycles. The van der Waals surface area contributed by atoms with E-state index in [1.54, 1.807) is 0 Å². The van der Waals surface area contributed by atoms with Gasteiger partial charge in [-0.1, -0.05) is 30.3 Å². The molecule has 1 atom stereocenters. The number of carbonyl (C=O) groups excluding carboxylic acids is 1. The molecule has 0 fully saturated rings. The monoisotopic (exact) mass is 337 g/mol. The van der Waals surface area contributed by atoms with Crippen molar-refractivity contribution in [3.05, 3.63) is 35.9 Å². The lowest BCUT2D eigenvalue weighted by atomic mass is 10.2. The molecule has 24 heavy (non-hydrogen) atoms. The van der Waals surface area contributed by atoms with Gasteiger partial charge in [0.2, 0.25) is 0 Å². The Morgan fingerprint density at radius 2 is 1.96 bits per heavy atom. The van der Waals surface area contributed by atoms with Gasteiger partial charge in [-0.3, -0.25) is 0 Å². The van der Waals surface area contributed by atoms with Crippen molar-refractivity contribution in [3.63, 3.8) is 0 Å². The summed E-state index contributed by atoms with van der Waals surface area (Å²) in [6.07, 6.45) is 0.602. The van der Waals surface area contributed by atoms with E-state index < -0.39 is 12.2 Å². The number of alkyl carbamates (subject to hydrolysis) is 1. The molecule has 1 aromatic carbocycles. The molecule has 7 nitrogen and oxygen atoms in total. The van der Waals surface area contributed by atoms with Crippen LogP contribution >= 0.6 is 0 Å². The fraction of sp³-hybridized carbons (Fsp3) is 0.529. The molecule has 2 amide bonds. The average Bonchev–Trinajstić information content (AvgIpc) is 2.56. The smallest absolute Gasteiger partial charge is 0.407 e. The van der Waals surface area contributed by atoms with Crippen LogP contribution < -0.4 is 11.1 Å². The van der Waals surface area contributed by atoms with Gasteiger partial charge >= 0.3 is 12.2 Å². The first-order valence-corrected chi connectivity index (χ1v) is 8.18. The number of carboxylic acid groups (broad SMARTS) is 1. The van der Waals surface area contributed by atoms with Crippen molar-refractivity contribution in [2.75, 3.05) is 19.6 Å². The zero-order valence-corrected chi connectivity index (χ0v) is 14.1. The van der Waals surface area contributed by atoms with E-state index in [0.717, 1.165) is 18.4 Å². The molecule has 0 spiro atoms. The number of hydrogen-bond acceptors (Lipinski definition) is 4. The van der Waals surface area contributed by atoms with Gasteiger partial charge in [0.25, 0.3) is 0 Å². The van der Waals surface area contributed by atoms with Gasteiger partial charge in [0.1, 0.15) is 6.61 Å². The first kappa shape index (κ1) is 19.8. The molecule has 0 radical (unpaired) electrons. The number of unbranched alkanes of at least 4 members (excludes halogenated alkanes) is 1. The van der Waals surface area contributed by atoms with Crippen LogP contribution in [0.2, 0.25) is 0 Å². The Bertz CT molecular complexity index is 496. The molecule has 7 heteroatoms. The highest BCUT2D eigenvalue weighted by Crippen LogP contribution is 2.03. The molecular weight excluding hydrogens is 310 g/mol. The Morgan fingerprint density at radius 1 is 1.25 bits per heavy atom. The minimum atomic E-state index is -0.953. The van der Waals surface area contributed by atoms with Gasteiger partial charge in [-0.15, -0.1) is 0 Å². The Hall–Kier alpha value is -2.28. The lowest BCUT2D eigenvalue weighted by Crippen LogP contribution is -2.38. The van der Waals surface area contributed by atoms with E-state index >= 15 is 0 Å². The summed E-state index contributed by atoms with van der Waals surface area (Å²) in [4.78, 5) is 24.3. The number of benzene rings is 1. The van der Waals surface area contributed by atoms with Gasteiger partial charge in [-0.25, -0.2) is 9.59 Å². The maximum Gasteiger partial charge on any atom is 0.407 e. The van der Waals surface area contributed by atoms with Gasteiger partial charge in [0.15, 0.2) is 0 Å².